The highest BCUT2D eigenvalue weighted by Gasteiger charge is 2.21. The Morgan fingerprint density at radius 2 is 1.87 bits per heavy atom. The molecule has 9 nitrogen and oxygen atoms in total. The number of hydrogen-bond acceptors (Lipinski definition) is 8. The van der Waals surface area contributed by atoms with Gasteiger partial charge in [-0.05, 0) is 37.3 Å². The van der Waals surface area contributed by atoms with Crippen molar-refractivity contribution in [2.45, 2.75) is 19.9 Å². The third-order valence-electron chi connectivity index (χ3n) is 4.17. The Morgan fingerprint density at radius 1 is 1.19 bits per heavy atom. The monoisotopic (exact) mass is 435 g/mol. The maximum atomic E-state index is 14.9. The van der Waals surface area contributed by atoms with Crippen molar-refractivity contribution in [1.82, 2.24) is 5.48 Å². The van der Waals surface area contributed by atoms with Crippen molar-refractivity contribution >= 4 is 17.5 Å². The Hall–Kier alpha value is -3.37. The fourth-order valence-electron chi connectivity index (χ4n) is 2.76. The Balaban J connectivity index is 2.36. The molecule has 0 fully saturated rings. The summed E-state index contributed by atoms with van der Waals surface area (Å²) in [6.45, 7) is 2.95. The van der Waals surface area contributed by atoms with Gasteiger partial charge in [-0.2, -0.15) is 0 Å². The highest BCUT2D eigenvalue weighted by molar-refractivity contribution is 5.95. The second-order valence-corrected chi connectivity index (χ2v) is 6.39. The summed E-state index contributed by atoms with van der Waals surface area (Å²) in [7, 11) is 0. The molecule has 0 heterocycles. The van der Waals surface area contributed by atoms with E-state index in [9.17, 15) is 9.18 Å². The number of nitrogens with one attached hydrogen (secondary N) is 3. The molecular weight excluding hydrogens is 409 g/mol. The number of halogens is 1. The smallest absolute Gasteiger partial charge is 0.302 e. The number of carbonyl (C=O) groups is 1. The Labute approximate surface area is 179 Å². The molecule has 1 unspecified atom stereocenters. The second-order valence-electron chi connectivity index (χ2n) is 6.39. The van der Waals surface area contributed by atoms with Crippen molar-refractivity contribution in [3.05, 3.63) is 53.3 Å². The second kappa shape index (κ2) is 11.7. The number of hydroxylamine groups is 1. The van der Waals surface area contributed by atoms with Gasteiger partial charge in [0.2, 0.25) is 0 Å². The van der Waals surface area contributed by atoms with Crippen molar-refractivity contribution in [3.63, 3.8) is 0 Å². The fraction of sp³-hybridized carbons (Fsp3) is 0.333. The van der Waals surface area contributed by atoms with Crippen LogP contribution in [0.1, 0.15) is 31.0 Å². The number of rotatable bonds is 11. The van der Waals surface area contributed by atoms with Crippen LogP contribution < -0.4 is 20.3 Å². The minimum Gasteiger partial charge on any atom is -0.490 e. The molecule has 168 valence electrons. The fourth-order valence-corrected chi connectivity index (χ4v) is 2.76. The number of benzene rings is 2. The maximum Gasteiger partial charge on any atom is 0.302 e. The number of esters is 1. The van der Waals surface area contributed by atoms with Gasteiger partial charge in [0.05, 0.1) is 19.3 Å². The molecule has 31 heavy (non-hydrogen) atoms. The first-order valence-corrected chi connectivity index (χ1v) is 9.58. The van der Waals surface area contributed by atoms with Crippen LogP contribution in [-0.2, 0) is 9.53 Å². The summed E-state index contributed by atoms with van der Waals surface area (Å²) in [6.07, 6.45) is 0. The van der Waals surface area contributed by atoms with E-state index in [1.54, 1.807) is 36.7 Å². The number of aliphatic hydroxyl groups is 1. The molecule has 0 aromatic heterocycles. The average Bonchev–Trinajstić information content (AvgIpc) is 2.76. The van der Waals surface area contributed by atoms with Crippen LogP contribution >= 0.6 is 0 Å². The van der Waals surface area contributed by atoms with Gasteiger partial charge in [0.15, 0.2) is 11.5 Å². The molecule has 0 aliphatic heterocycles. The summed E-state index contributed by atoms with van der Waals surface area (Å²) < 4.78 is 31.0. The lowest BCUT2D eigenvalue weighted by Gasteiger charge is -2.22. The molecule has 5 N–H and O–H groups in total. The molecule has 0 saturated heterocycles. The van der Waals surface area contributed by atoms with Crippen molar-refractivity contribution in [2.24, 2.45) is 0 Å². The predicted octanol–water partition coefficient (Wildman–Crippen LogP) is 2.62. The molecule has 0 aliphatic carbocycles. The van der Waals surface area contributed by atoms with E-state index >= 15 is 0 Å². The van der Waals surface area contributed by atoms with Gasteiger partial charge in [-0.3, -0.25) is 20.9 Å². The molecule has 0 radical (unpaired) electrons. The van der Waals surface area contributed by atoms with E-state index in [0.29, 0.717) is 23.6 Å². The first-order valence-electron chi connectivity index (χ1n) is 9.58. The number of anilines is 1. The SMILES string of the molecule is CCOc1cc(C(COC(C)=O)Nc2ccc(C(=N)NO)cc2)c(F)cc1OCCO. The number of carbonyl (C=O) groups excluding carboxylic acids is 1. The van der Waals surface area contributed by atoms with Gasteiger partial charge < -0.3 is 24.6 Å². The minimum atomic E-state index is -0.753. The molecule has 10 heteroatoms. The summed E-state index contributed by atoms with van der Waals surface area (Å²) in [5.74, 6) is -0.849. The van der Waals surface area contributed by atoms with Crippen LogP contribution in [-0.4, -0.2) is 48.5 Å². The van der Waals surface area contributed by atoms with Crippen LogP contribution in [0.5, 0.6) is 11.5 Å². The average molecular weight is 435 g/mol. The van der Waals surface area contributed by atoms with Gasteiger partial charge in [0.25, 0.3) is 0 Å². The van der Waals surface area contributed by atoms with Gasteiger partial charge in [-0.25, -0.2) is 4.39 Å². The van der Waals surface area contributed by atoms with E-state index in [1.165, 1.54) is 13.0 Å². The lowest BCUT2D eigenvalue weighted by molar-refractivity contribution is -0.141. The highest BCUT2D eigenvalue weighted by Crippen LogP contribution is 2.34. The molecule has 0 spiro atoms. The number of aliphatic hydroxyl groups excluding tert-OH is 1. The summed E-state index contributed by atoms with van der Waals surface area (Å²) in [4.78, 5) is 11.3. The molecule has 2 rings (SSSR count). The van der Waals surface area contributed by atoms with Crippen molar-refractivity contribution in [2.75, 3.05) is 31.7 Å². The largest absolute Gasteiger partial charge is 0.490 e. The van der Waals surface area contributed by atoms with E-state index in [0.717, 1.165) is 6.07 Å². The third kappa shape index (κ3) is 6.83. The Bertz CT molecular complexity index is 891. The van der Waals surface area contributed by atoms with Crippen LogP contribution in [0.25, 0.3) is 0 Å². The molecule has 0 amide bonds. The van der Waals surface area contributed by atoms with Crippen LogP contribution in [0.15, 0.2) is 36.4 Å². The van der Waals surface area contributed by atoms with Gasteiger partial charge >= 0.3 is 5.97 Å². The third-order valence-corrected chi connectivity index (χ3v) is 4.17. The summed E-state index contributed by atoms with van der Waals surface area (Å²) in [5, 5.41) is 28.5. The molecule has 2 aromatic carbocycles. The van der Waals surface area contributed by atoms with E-state index in [2.05, 4.69) is 5.32 Å². The minimum absolute atomic E-state index is 0.0158. The first-order chi connectivity index (χ1) is 14.9. The van der Waals surface area contributed by atoms with Crippen molar-refractivity contribution < 1.29 is 33.7 Å². The van der Waals surface area contributed by atoms with Crippen LogP contribution in [0.3, 0.4) is 0 Å². The van der Waals surface area contributed by atoms with Gasteiger partial charge in [0.1, 0.15) is 24.9 Å². The number of hydrogen-bond donors (Lipinski definition) is 5. The van der Waals surface area contributed by atoms with Gasteiger partial charge in [-0.15, -0.1) is 0 Å². The summed E-state index contributed by atoms with van der Waals surface area (Å²) >= 11 is 0. The first kappa shape index (κ1) is 23.9. The maximum absolute atomic E-state index is 14.9. The van der Waals surface area contributed by atoms with E-state index in [-0.39, 0.29) is 37.0 Å². The predicted molar refractivity (Wildman–Crippen MR) is 111 cm³/mol. The van der Waals surface area contributed by atoms with E-state index in [1.807, 2.05) is 0 Å². The van der Waals surface area contributed by atoms with Crippen LogP contribution in [0, 0.1) is 11.2 Å². The topological polar surface area (TPSA) is 133 Å². The lowest BCUT2D eigenvalue weighted by Crippen LogP contribution is -2.21. The summed E-state index contributed by atoms with van der Waals surface area (Å²) in [6, 6.07) is 8.33. The van der Waals surface area contributed by atoms with Gasteiger partial charge in [0, 0.05) is 29.8 Å². The molecule has 0 saturated carbocycles. The van der Waals surface area contributed by atoms with E-state index < -0.39 is 17.8 Å². The molecule has 1 atom stereocenters. The number of ether oxygens (including phenoxy) is 3. The molecular formula is C21H26FN3O6. The zero-order valence-corrected chi connectivity index (χ0v) is 17.3. The van der Waals surface area contributed by atoms with Crippen molar-refractivity contribution in [1.29, 1.82) is 5.41 Å². The van der Waals surface area contributed by atoms with Gasteiger partial charge in [-0.1, -0.05) is 0 Å². The zero-order chi connectivity index (χ0) is 22.8. The number of amidine groups is 1. The summed E-state index contributed by atoms with van der Waals surface area (Å²) in [5.41, 5.74) is 2.97. The van der Waals surface area contributed by atoms with E-state index in [4.69, 9.17) is 29.9 Å². The molecule has 2 aromatic rings. The normalized spacial score (nSPS) is 11.4. The zero-order valence-electron chi connectivity index (χ0n) is 17.3. The Kier molecular flexibility index (Phi) is 9.04. The van der Waals surface area contributed by atoms with Crippen molar-refractivity contribution in [3.8, 4) is 11.5 Å². The standard InChI is InChI=1S/C21H26FN3O6/c1-3-29-19-10-16(17(22)11-20(19)30-9-8-26)18(12-31-13(2)27)24-15-6-4-14(5-7-15)21(23)25-28/h4-7,10-11,18,24,26,28H,3,8-9,12H2,1-2H3,(H2,23,25). The molecule has 0 aliphatic rings. The quantitative estimate of drug-likeness (QED) is 0.157. The molecule has 0 bridgehead atoms. The Morgan fingerprint density at radius 3 is 2.45 bits per heavy atom. The highest BCUT2D eigenvalue weighted by atomic mass is 19.1. The lowest BCUT2D eigenvalue weighted by atomic mass is 10.0. The van der Waals surface area contributed by atoms with Crippen LogP contribution in [0.2, 0.25) is 0 Å². The van der Waals surface area contributed by atoms with Crippen LogP contribution in [0.4, 0.5) is 10.1 Å².